The van der Waals surface area contributed by atoms with Gasteiger partial charge >= 0.3 is 6.18 Å². The number of halogens is 4. The molecule has 0 aliphatic carbocycles. The van der Waals surface area contributed by atoms with Crippen LogP contribution in [-0.2, 0) is 6.18 Å². The van der Waals surface area contributed by atoms with E-state index >= 15 is 0 Å². The minimum absolute atomic E-state index is 0.0436. The molecular weight excluding hydrogens is 474 g/mol. The highest BCUT2D eigenvalue weighted by atomic mass is 32.1. The van der Waals surface area contributed by atoms with Crippen molar-refractivity contribution in [3.8, 4) is 11.8 Å². The summed E-state index contributed by atoms with van der Waals surface area (Å²) in [6, 6.07) is 11.4. The van der Waals surface area contributed by atoms with Crippen LogP contribution in [0, 0.1) is 17.1 Å². The maximum atomic E-state index is 14.7. The highest BCUT2D eigenvalue weighted by molar-refractivity contribution is 7.09. The maximum Gasteiger partial charge on any atom is 0.435 e. The Morgan fingerprint density at radius 3 is 2.65 bits per heavy atom. The molecule has 2 aromatic heterocycles. The second-order valence-electron chi connectivity index (χ2n) is 6.95. The number of aromatic nitrogens is 3. The van der Waals surface area contributed by atoms with Crippen LogP contribution in [0.2, 0.25) is 0 Å². The lowest BCUT2D eigenvalue weighted by atomic mass is 10.1. The quantitative estimate of drug-likeness (QED) is 0.398. The third kappa shape index (κ3) is 4.66. The Morgan fingerprint density at radius 2 is 2.00 bits per heavy atom. The zero-order chi connectivity index (χ0) is 24.5. The van der Waals surface area contributed by atoms with Gasteiger partial charge in [-0.15, -0.1) is 11.3 Å². The predicted molar refractivity (Wildman–Crippen MR) is 114 cm³/mol. The van der Waals surface area contributed by atoms with Gasteiger partial charge in [-0.25, -0.2) is 14.1 Å². The Hall–Kier alpha value is -4.08. The minimum atomic E-state index is -4.84. The number of carbonyl (C=O) groups is 1. The number of nitriles is 1. The molecule has 0 aliphatic heterocycles. The van der Waals surface area contributed by atoms with E-state index in [1.807, 2.05) is 6.07 Å². The van der Waals surface area contributed by atoms with Gasteiger partial charge in [0, 0.05) is 17.6 Å². The first-order chi connectivity index (χ1) is 16.2. The summed E-state index contributed by atoms with van der Waals surface area (Å²) >= 11 is 1.18. The summed E-state index contributed by atoms with van der Waals surface area (Å²) in [6.45, 7) is 0. The molecule has 0 bridgehead atoms. The van der Waals surface area contributed by atoms with Gasteiger partial charge in [-0.05, 0) is 35.9 Å². The first kappa shape index (κ1) is 23.1. The Labute approximate surface area is 193 Å². The largest absolute Gasteiger partial charge is 0.435 e. The fourth-order valence-electron chi connectivity index (χ4n) is 3.09. The number of aliphatic hydroxyl groups is 1. The number of hydrogen-bond donors (Lipinski definition) is 2. The number of alkyl halides is 3. The van der Waals surface area contributed by atoms with Crippen molar-refractivity contribution in [3.05, 3.63) is 93.4 Å². The molecule has 0 saturated carbocycles. The second kappa shape index (κ2) is 9.05. The van der Waals surface area contributed by atoms with Gasteiger partial charge in [0.25, 0.3) is 5.91 Å². The molecule has 12 heteroatoms. The van der Waals surface area contributed by atoms with Crippen LogP contribution in [0.25, 0.3) is 5.69 Å². The van der Waals surface area contributed by atoms with Crippen LogP contribution < -0.4 is 5.32 Å². The second-order valence-corrected chi connectivity index (χ2v) is 7.88. The fourth-order valence-corrected chi connectivity index (χ4v) is 3.73. The molecule has 2 N–H and O–H groups in total. The molecule has 1 atom stereocenters. The number of amides is 1. The monoisotopic (exact) mass is 487 g/mol. The number of carbonyl (C=O) groups excluding carboxylic acids is 1. The molecule has 2 aromatic carbocycles. The van der Waals surface area contributed by atoms with Crippen LogP contribution in [0.1, 0.15) is 38.4 Å². The number of nitrogens with zero attached hydrogens (tertiary/aromatic N) is 4. The Balaban J connectivity index is 1.66. The Morgan fingerprint density at radius 1 is 1.21 bits per heavy atom. The van der Waals surface area contributed by atoms with E-state index in [-0.39, 0.29) is 22.5 Å². The molecular formula is C22H13F4N5O2S. The summed E-state index contributed by atoms with van der Waals surface area (Å²) in [5, 5.41) is 27.1. The van der Waals surface area contributed by atoms with Crippen LogP contribution >= 0.6 is 11.3 Å². The standard InChI is InChI=1S/C22H13F4N5O2S/c23-15-9-13(19(32)21-28-6-7-34-21)4-5-16(15)29-20(33)17-10-18(22(24,25)26)30-31(17)14-3-1-2-12(8-14)11-27/h1-10,19,32H,(H,29,33). The average molecular weight is 487 g/mol. The van der Waals surface area contributed by atoms with Crippen molar-refractivity contribution in [3.63, 3.8) is 0 Å². The molecule has 0 saturated heterocycles. The number of thiazole rings is 1. The lowest BCUT2D eigenvalue weighted by molar-refractivity contribution is -0.141. The molecule has 4 rings (SSSR count). The van der Waals surface area contributed by atoms with Crippen molar-refractivity contribution < 1.29 is 27.5 Å². The van der Waals surface area contributed by atoms with Crippen molar-refractivity contribution in [2.75, 3.05) is 5.32 Å². The molecule has 2 heterocycles. The van der Waals surface area contributed by atoms with Gasteiger partial charge in [-0.1, -0.05) is 12.1 Å². The topological polar surface area (TPSA) is 104 Å². The van der Waals surface area contributed by atoms with Crippen LogP contribution in [0.3, 0.4) is 0 Å². The molecule has 4 aromatic rings. The van der Waals surface area contributed by atoms with E-state index in [1.165, 1.54) is 53.9 Å². The number of aliphatic hydroxyl groups excluding tert-OH is 1. The summed E-state index contributed by atoms with van der Waals surface area (Å²) in [4.78, 5) is 16.8. The summed E-state index contributed by atoms with van der Waals surface area (Å²) < 4.78 is 55.3. The first-order valence-corrected chi connectivity index (χ1v) is 10.4. The molecule has 1 amide bonds. The summed E-state index contributed by atoms with van der Waals surface area (Å²) in [5.74, 6) is -1.97. The zero-order valence-electron chi connectivity index (χ0n) is 16.9. The molecule has 7 nitrogen and oxygen atoms in total. The van der Waals surface area contributed by atoms with Crippen LogP contribution in [0.5, 0.6) is 0 Å². The van der Waals surface area contributed by atoms with Crippen molar-refractivity contribution in [2.45, 2.75) is 12.3 Å². The number of rotatable bonds is 5. The minimum Gasteiger partial charge on any atom is -0.381 e. The van der Waals surface area contributed by atoms with E-state index in [0.717, 1.165) is 10.7 Å². The Bertz CT molecular complexity index is 1390. The van der Waals surface area contributed by atoms with E-state index in [4.69, 9.17) is 5.26 Å². The summed E-state index contributed by atoms with van der Waals surface area (Å²) in [6.07, 6.45) is -4.53. The highest BCUT2D eigenvalue weighted by Gasteiger charge is 2.36. The van der Waals surface area contributed by atoms with Gasteiger partial charge in [0.1, 0.15) is 22.6 Å². The molecule has 1 unspecified atom stereocenters. The predicted octanol–water partition coefficient (Wildman–Crippen LogP) is 4.69. The number of anilines is 1. The van der Waals surface area contributed by atoms with E-state index in [1.54, 1.807) is 5.38 Å². The van der Waals surface area contributed by atoms with E-state index < -0.39 is 35.4 Å². The van der Waals surface area contributed by atoms with Crippen molar-refractivity contribution in [1.29, 1.82) is 5.26 Å². The fraction of sp³-hybridized carbons (Fsp3) is 0.0909. The van der Waals surface area contributed by atoms with Crippen LogP contribution in [0.15, 0.2) is 60.1 Å². The normalized spacial score (nSPS) is 12.2. The highest BCUT2D eigenvalue weighted by Crippen LogP contribution is 2.31. The number of benzene rings is 2. The lowest BCUT2D eigenvalue weighted by Crippen LogP contribution is -2.18. The van der Waals surface area contributed by atoms with Gasteiger partial charge in [-0.3, -0.25) is 4.79 Å². The summed E-state index contributed by atoms with van der Waals surface area (Å²) in [7, 11) is 0. The molecule has 0 radical (unpaired) electrons. The Kier molecular flexibility index (Phi) is 6.14. The number of nitrogens with one attached hydrogen (secondary N) is 1. The molecule has 34 heavy (non-hydrogen) atoms. The molecule has 0 spiro atoms. The first-order valence-electron chi connectivity index (χ1n) is 9.53. The third-order valence-electron chi connectivity index (χ3n) is 4.69. The van der Waals surface area contributed by atoms with E-state index in [0.29, 0.717) is 11.1 Å². The summed E-state index contributed by atoms with van der Waals surface area (Å²) in [5.41, 5.74) is -1.79. The van der Waals surface area contributed by atoms with Crippen molar-refractivity contribution in [2.24, 2.45) is 0 Å². The van der Waals surface area contributed by atoms with Gasteiger partial charge in [-0.2, -0.15) is 23.5 Å². The lowest BCUT2D eigenvalue weighted by Gasteiger charge is -2.12. The van der Waals surface area contributed by atoms with Crippen molar-refractivity contribution in [1.82, 2.24) is 14.8 Å². The van der Waals surface area contributed by atoms with E-state index in [2.05, 4.69) is 15.4 Å². The smallest absolute Gasteiger partial charge is 0.381 e. The zero-order valence-corrected chi connectivity index (χ0v) is 17.7. The van der Waals surface area contributed by atoms with Crippen LogP contribution in [0.4, 0.5) is 23.2 Å². The molecule has 172 valence electrons. The SMILES string of the molecule is N#Cc1cccc(-n2nc(C(F)(F)F)cc2C(=O)Nc2ccc(C(O)c3nccs3)cc2F)c1. The van der Waals surface area contributed by atoms with Gasteiger partial charge < -0.3 is 10.4 Å². The molecule has 0 fully saturated rings. The maximum absolute atomic E-state index is 14.7. The van der Waals surface area contributed by atoms with Crippen LogP contribution in [-0.4, -0.2) is 25.8 Å². The van der Waals surface area contributed by atoms with Gasteiger partial charge in [0.2, 0.25) is 0 Å². The third-order valence-corrected chi connectivity index (χ3v) is 5.52. The van der Waals surface area contributed by atoms with Gasteiger partial charge in [0.15, 0.2) is 5.69 Å². The average Bonchev–Trinajstić information content (AvgIpc) is 3.50. The van der Waals surface area contributed by atoms with Gasteiger partial charge in [0.05, 0.1) is 23.0 Å². The number of hydrogen-bond acceptors (Lipinski definition) is 6. The van der Waals surface area contributed by atoms with E-state index in [9.17, 15) is 27.5 Å². The molecule has 0 aliphatic rings. The van der Waals surface area contributed by atoms with Crippen molar-refractivity contribution >= 4 is 22.9 Å².